The second-order valence-corrected chi connectivity index (χ2v) is 4.64. The molecule has 98 valence electrons. The molecule has 1 aliphatic carbocycles. The van der Waals surface area contributed by atoms with Gasteiger partial charge in [0.05, 0.1) is 5.52 Å². The van der Waals surface area contributed by atoms with Crippen LogP contribution in [-0.4, -0.2) is 28.3 Å². The van der Waals surface area contributed by atoms with Crippen molar-refractivity contribution in [2.45, 2.75) is 25.1 Å². The Labute approximate surface area is 108 Å². The highest BCUT2D eigenvalue weighted by atomic mass is 19.1. The molecule has 3 rings (SSSR count). The molecular formula is C14H12FNO3. The Balaban J connectivity index is 2.02. The van der Waals surface area contributed by atoms with Crippen molar-refractivity contribution in [2.24, 2.45) is 0 Å². The molecule has 1 heterocycles. The first kappa shape index (κ1) is 11.9. The summed E-state index contributed by atoms with van der Waals surface area (Å²) in [7, 11) is 0. The van der Waals surface area contributed by atoms with E-state index >= 15 is 0 Å². The highest BCUT2D eigenvalue weighted by Crippen LogP contribution is 2.32. The Morgan fingerprint density at radius 2 is 2.11 bits per heavy atom. The lowest BCUT2D eigenvalue weighted by atomic mass is 9.93. The van der Waals surface area contributed by atoms with Gasteiger partial charge in [0.25, 0.3) is 0 Å². The predicted molar refractivity (Wildman–Crippen MR) is 67.2 cm³/mol. The van der Waals surface area contributed by atoms with E-state index in [1.165, 1.54) is 6.07 Å². The summed E-state index contributed by atoms with van der Waals surface area (Å²) in [6.07, 6.45) is -0.266. The van der Waals surface area contributed by atoms with Gasteiger partial charge in [0.15, 0.2) is 5.69 Å². The van der Waals surface area contributed by atoms with Gasteiger partial charge in [-0.1, -0.05) is 12.1 Å². The van der Waals surface area contributed by atoms with Crippen molar-refractivity contribution in [3.8, 4) is 5.75 Å². The number of pyridine rings is 1. The topological polar surface area (TPSA) is 59.4 Å². The zero-order valence-corrected chi connectivity index (χ0v) is 10.0. The van der Waals surface area contributed by atoms with Gasteiger partial charge in [-0.25, -0.2) is 14.2 Å². The van der Waals surface area contributed by atoms with Crippen LogP contribution in [-0.2, 0) is 0 Å². The van der Waals surface area contributed by atoms with E-state index in [-0.39, 0.29) is 11.8 Å². The number of alkyl halides is 1. The van der Waals surface area contributed by atoms with E-state index in [9.17, 15) is 9.18 Å². The molecule has 19 heavy (non-hydrogen) atoms. The number of rotatable bonds is 3. The van der Waals surface area contributed by atoms with Crippen LogP contribution in [0.3, 0.4) is 0 Å². The van der Waals surface area contributed by atoms with E-state index in [1.807, 2.05) is 12.1 Å². The van der Waals surface area contributed by atoms with Crippen molar-refractivity contribution in [1.82, 2.24) is 4.98 Å². The summed E-state index contributed by atoms with van der Waals surface area (Å²) in [5, 5.41) is 9.78. The number of aromatic nitrogens is 1. The van der Waals surface area contributed by atoms with Crippen LogP contribution < -0.4 is 4.74 Å². The number of carboxylic acids is 1. The molecule has 0 saturated heterocycles. The number of carboxylic acid groups (broad SMARTS) is 1. The van der Waals surface area contributed by atoms with E-state index < -0.39 is 12.1 Å². The Hall–Kier alpha value is -2.17. The lowest BCUT2D eigenvalue weighted by Crippen LogP contribution is -2.35. The normalized spacial score (nSPS) is 21.9. The van der Waals surface area contributed by atoms with Crippen molar-refractivity contribution in [2.75, 3.05) is 0 Å². The molecule has 0 radical (unpaired) electrons. The number of aromatic carboxylic acids is 1. The minimum absolute atomic E-state index is 0.0650. The number of carbonyl (C=O) groups is 1. The monoisotopic (exact) mass is 261 g/mol. The minimum atomic E-state index is -1.10. The van der Waals surface area contributed by atoms with Gasteiger partial charge in [-0.3, -0.25) is 0 Å². The number of halogens is 1. The van der Waals surface area contributed by atoms with Gasteiger partial charge < -0.3 is 9.84 Å². The number of hydrogen-bond acceptors (Lipinski definition) is 3. The van der Waals surface area contributed by atoms with Crippen molar-refractivity contribution in [3.63, 3.8) is 0 Å². The highest BCUT2D eigenvalue weighted by molar-refractivity contribution is 5.93. The molecule has 0 spiro atoms. The van der Waals surface area contributed by atoms with E-state index in [0.29, 0.717) is 24.1 Å². The highest BCUT2D eigenvalue weighted by Gasteiger charge is 2.31. The van der Waals surface area contributed by atoms with Gasteiger partial charge in [-0.05, 0) is 12.1 Å². The zero-order valence-electron chi connectivity index (χ0n) is 10.0. The molecule has 1 N–H and O–H groups in total. The SMILES string of the molecule is O=C(O)c1cc(OC2CC(F)C2)c2ccccc2n1. The molecule has 1 aromatic heterocycles. The molecule has 4 nitrogen and oxygen atoms in total. The van der Waals surface area contributed by atoms with Gasteiger partial charge in [-0.2, -0.15) is 0 Å². The molecular weight excluding hydrogens is 249 g/mol. The van der Waals surface area contributed by atoms with E-state index in [0.717, 1.165) is 5.39 Å². The Bertz CT molecular complexity index is 638. The van der Waals surface area contributed by atoms with Crippen molar-refractivity contribution in [1.29, 1.82) is 0 Å². The van der Waals surface area contributed by atoms with Gasteiger partial charge in [0.1, 0.15) is 18.0 Å². The van der Waals surface area contributed by atoms with E-state index in [2.05, 4.69) is 4.98 Å². The fourth-order valence-corrected chi connectivity index (χ4v) is 2.13. The molecule has 1 saturated carbocycles. The first-order valence-corrected chi connectivity index (χ1v) is 6.07. The van der Waals surface area contributed by atoms with Crippen molar-refractivity contribution >= 4 is 16.9 Å². The lowest BCUT2D eigenvalue weighted by Gasteiger charge is -2.30. The summed E-state index contributed by atoms with van der Waals surface area (Å²) < 4.78 is 18.5. The zero-order chi connectivity index (χ0) is 13.4. The standard InChI is InChI=1S/C14H12FNO3/c15-8-5-9(6-8)19-13-7-12(14(17)18)16-11-4-2-1-3-10(11)13/h1-4,7-9H,5-6H2,(H,17,18). The Morgan fingerprint density at radius 1 is 1.37 bits per heavy atom. The molecule has 0 aliphatic heterocycles. The molecule has 2 aromatic rings. The van der Waals surface area contributed by atoms with Crippen LogP contribution in [0.2, 0.25) is 0 Å². The van der Waals surface area contributed by atoms with Crippen LogP contribution in [0.1, 0.15) is 23.3 Å². The smallest absolute Gasteiger partial charge is 0.354 e. The maximum Gasteiger partial charge on any atom is 0.354 e. The largest absolute Gasteiger partial charge is 0.489 e. The Morgan fingerprint density at radius 3 is 2.79 bits per heavy atom. The second kappa shape index (κ2) is 4.50. The molecule has 5 heteroatoms. The third kappa shape index (κ3) is 2.23. The minimum Gasteiger partial charge on any atom is -0.489 e. The molecule has 1 fully saturated rings. The van der Waals surface area contributed by atoms with Crippen LogP contribution in [0, 0.1) is 0 Å². The van der Waals surface area contributed by atoms with Gasteiger partial charge >= 0.3 is 5.97 Å². The maximum absolute atomic E-state index is 12.8. The number of hydrogen-bond donors (Lipinski definition) is 1. The average Bonchev–Trinajstić information content (AvgIpc) is 2.36. The number of ether oxygens (including phenoxy) is 1. The predicted octanol–water partition coefficient (Wildman–Crippen LogP) is 2.81. The molecule has 0 unspecified atom stereocenters. The van der Waals surface area contributed by atoms with Gasteiger partial charge in [0.2, 0.25) is 0 Å². The third-order valence-electron chi connectivity index (χ3n) is 3.23. The fourth-order valence-electron chi connectivity index (χ4n) is 2.13. The molecule has 0 amide bonds. The van der Waals surface area contributed by atoms with Crippen molar-refractivity contribution < 1.29 is 19.0 Å². The number of fused-ring (bicyclic) bond motifs is 1. The number of benzene rings is 1. The summed E-state index contributed by atoms with van der Waals surface area (Å²) in [4.78, 5) is 15.1. The lowest BCUT2D eigenvalue weighted by molar-refractivity contribution is 0.0417. The second-order valence-electron chi connectivity index (χ2n) is 4.64. The number of nitrogens with zero attached hydrogens (tertiary/aromatic N) is 1. The van der Waals surface area contributed by atoms with Gasteiger partial charge in [0, 0.05) is 24.3 Å². The van der Waals surface area contributed by atoms with Crippen LogP contribution >= 0.6 is 0 Å². The van der Waals surface area contributed by atoms with Crippen LogP contribution in [0.15, 0.2) is 30.3 Å². The first-order chi connectivity index (χ1) is 9.13. The number of para-hydroxylation sites is 1. The first-order valence-electron chi connectivity index (χ1n) is 6.07. The molecule has 0 bridgehead atoms. The third-order valence-corrected chi connectivity index (χ3v) is 3.23. The molecule has 1 aromatic carbocycles. The van der Waals surface area contributed by atoms with Crippen LogP contribution in [0.4, 0.5) is 4.39 Å². The maximum atomic E-state index is 12.8. The van der Waals surface area contributed by atoms with E-state index in [1.54, 1.807) is 12.1 Å². The fraction of sp³-hybridized carbons (Fsp3) is 0.286. The summed E-state index contributed by atoms with van der Waals surface area (Å²) >= 11 is 0. The summed E-state index contributed by atoms with van der Waals surface area (Å²) in [6, 6.07) is 8.56. The Kier molecular flexibility index (Phi) is 2.81. The average molecular weight is 261 g/mol. The quantitative estimate of drug-likeness (QED) is 0.922. The van der Waals surface area contributed by atoms with Crippen LogP contribution in [0.25, 0.3) is 10.9 Å². The van der Waals surface area contributed by atoms with Crippen LogP contribution in [0.5, 0.6) is 5.75 Å². The van der Waals surface area contributed by atoms with E-state index in [4.69, 9.17) is 9.84 Å². The molecule has 0 atom stereocenters. The summed E-state index contributed by atoms with van der Waals surface area (Å²) in [5.74, 6) is -0.646. The summed E-state index contributed by atoms with van der Waals surface area (Å²) in [6.45, 7) is 0. The molecule has 1 aliphatic rings. The van der Waals surface area contributed by atoms with Gasteiger partial charge in [-0.15, -0.1) is 0 Å². The summed E-state index contributed by atoms with van der Waals surface area (Å²) in [5.41, 5.74) is 0.498. The van der Waals surface area contributed by atoms with Crippen molar-refractivity contribution in [3.05, 3.63) is 36.0 Å².